The molecule has 1 aromatic carbocycles. The van der Waals surface area contributed by atoms with Crippen LogP contribution in [0, 0.1) is 26.2 Å². The van der Waals surface area contributed by atoms with Crippen LogP contribution in [0.5, 0.6) is 5.75 Å². The molecule has 2 heteroatoms. The van der Waals surface area contributed by atoms with Crippen LogP contribution in [0.3, 0.4) is 0 Å². The molecule has 0 radical (unpaired) electrons. The maximum Gasteiger partial charge on any atom is 0.122 e. The van der Waals surface area contributed by atoms with E-state index in [9.17, 15) is 0 Å². The van der Waals surface area contributed by atoms with E-state index in [4.69, 9.17) is 10.5 Å². The molecule has 0 saturated heterocycles. The van der Waals surface area contributed by atoms with E-state index in [1.807, 2.05) is 0 Å². The van der Waals surface area contributed by atoms with Crippen molar-refractivity contribution in [3.8, 4) is 5.75 Å². The molecule has 2 N–H and O–H groups in total. The Kier molecular flexibility index (Phi) is 3.67. The minimum atomic E-state index is 0.372. The van der Waals surface area contributed by atoms with E-state index in [-0.39, 0.29) is 0 Å². The van der Waals surface area contributed by atoms with Gasteiger partial charge in [-0.2, -0.15) is 0 Å². The first kappa shape index (κ1) is 13.4. The number of hydrogen-bond donors (Lipinski definition) is 1. The molecule has 0 heterocycles. The Labute approximate surface area is 111 Å². The normalized spacial score (nSPS) is 17.4. The molecular weight excluding hydrogens is 222 g/mol. The van der Waals surface area contributed by atoms with Crippen LogP contribution in [0.4, 0.5) is 0 Å². The zero-order valence-corrected chi connectivity index (χ0v) is 12.1. The fraction of sp³-hybridized carbons (Fsp3) is 0.625. The molecule has 0 spiro atoms. The first-order chi connectivity index (χ1) is 8.53. The Hall–Kier alpha value is -1.02. The van der Waals surface area contributed by atoms with E-state index in [0.29, 0.717) is 5.41 Å². The minimum Gasteiger partial charge on any atom is -0.496 e. The van der Waals surface area contributed by atoms with Crippen LogP contribution in [0.15, 0.2) is 6.07 Å². The molecule has 0 amide bonds. The van der Waals surface area contributed by atoms with Crippen molar-refractivity contribution in [3.05, 3.63) is 28.3 Å². The van der Waals surface area contributed by atoms with Crippen LogP contribution in [-0.4, -0.2) is 13.7 Å². The maximum atomic E-state index is 5.99. The third-order valence-corrected chi connectivity index (χ3v) is 4.83. The van der Waals surface area contributed by atoms with Crippen molar-refractivity contribution in [2.75, 3.05) is 13.7 Å². The zero-order valence-electron chi connectivity index (χ0n) is 12.1. The van der Waals surface area contributed by atoms with E-state index < -0.39 is 0 Å². The van der Waals surface area contributed by atoms with Gasteiger partial charge in [-0.15, -0.1) is 0 Å². The number of ether oxygens (including phenoxy) is 1. The van der Waals surface area contributed by atoms with E-state index >= 15 is 0 Å². The Bertz CT molecular complexity index is 441. The van der Waals surface area contributed by atoms with Crippen LogP contribution < -0.4 is 10.5 Å². The van der Waals surface area contributed by atoms with Gasteiger partial charge in [-0.25, -0.2) is 0 Å². The monoisotopic (exact) mass is 247 g/mol. The number of nitrogens with two attached hydrogens (primary N) is 1. The molecule has 1 aliphatic carbocycles. The summed E-state index contributed by atoms with van der Waals surface area (Å²) in [5.74, 6) is 1.00. The van der Waals surface area contributed by atoms with Gasteiger partial charge in [0.1, 0.15) is 5.75 Å². The Morgan fingerprint density at radius 2 is 1.89 bits per heavy atom. The lowest BCUT2D eigenvalue weighted by atomic mass is 9.64. The molecule has 0 bridgehead atoms. The van der Waals surface area contributed by atoms with Crippen molar-refractivity contribution in [2.45, 2.75) is 46.5 Å². The Balaban J connectivity index is 2.36. The lowest BCUT2D eigenvalue weighted by Gasteiger charge is -2.42. The van der Waals surface area contributed by atoms with Crippen molar-refractivity contribution in [1.82, 2.24) is 0 Å². The van der Waals surface area contributed by atoms with Crippen LogP contribution in [0.1, 0.15) is 41.5 Å². The van der Waals surface area contributed by atoms with Gasteiger partial charge >= 0.3 is 0 Å². The van der Waals surface area contributed by atoms with Crippen molar-refractivity contribution >= 4 is 0 Å². The summed E-state index contributed by atoms with van der Waals surface area (Å²) in [4.78, 5) is 0. The molecule has 1 saturated carbocycles. The SMILES string of the molecule is COc1cc(C)c(CC2(CN)CCC2)c(C)c1C. The zero-order chi connectivity index (χ0) is 13.3. The molecule has 0 aliphatic heterocycles. The van der Waals surface area contributed by atoms with Gasteiger partial charge < -0.3 is 10.5 Å². The predicted molar refractivity (Wildman–Crippen MR) is 76.2 cm³/mol. The van der Waals surface area contributed by atoms with Crippen LogP contribution >= 0.6 is 0 Å². The average Bonchev–Trinajstić information content (AvgIpc) is 2.32. The summed E-state index contributed by atoms with van der Waals surface area (Å²) in [6.45, 7) is 7.36. The van der Waals surface area contributed by atoms with Crippen molar-refractivity contribution in [1.29, 1.82) is 0 Å². The summed E-state index contributed by atoms with van der Waals surface area (Å²) in [6.07, 6.45) is 5.04. The van der Waals surface area contributed by atoms with Crippen LogP contribution in [0.25, 0.3) is 0 Å². The summed E-state index contributed by atoms with van der Waals surface area (Å²) in [7, 11) is 1.74. The number of hydrogen-bond acceptors (Lipinski definition) is 2. The van der Waals surface area contributed by atoms with Gasteiger partial charge in [0.25, 0.3) is 0 Å². The highest BCUT2D eigenvalue weighted by Gasteiger charge is 2.36. The highest BCUT2D eigenvalue weighted by atomic mass is 16.5. The molecule has 0 atom stereocenters. The summed E-state index contributed by atoms with van der Waals surface area (Å²) in [6, 6.07) is 2.17. The molecule has 0 unspecified atom stereocenters. The minimum absolute atomic E-state index is 0.372. The first-order valence-corrected chi connectivity index (χ1v) is 6.87. The maximum absolute atomic E-state index is 5.99. The van der Waals surface area contributed by atoms with E-state index in [1.54, 1.807) is 7.11 Å². The average molecular weight is 247 g/mol. The molecule has 18 heavy (non-hydrogen) atoms. The van der Waals surface area contributed by atoms with Gasteiger partial charge in [0, 0.05) is 0 Å². The molecular formula is C16H25NO. The molecule has 1 aliphatic rings. The third-order valence-electron chi connectivity index (χ3n) is 4.83. The standard InChI is InChI=1S/C16H25NO/c1-11-8-15(18-4)13(3)12(2)14(11)9-16(10-17)6-5-7-16/h8H,5-7,9-10,17H2,1-4H3. The van der Waals surface area contributed by atoms with E-state index in [1.165, 1.54) is 41.5 Å². The van der Waals surface area contributed by atoms with Crippen molar-refractivity contribution < 1.29 is 4.74 Å². The van der Waals surface area contributed by atoms with Gasteiger partial charge in [-0.1, -0.05) is 6.42 Å². The summed E-state index contributed by atoms with van der Waals surface area (Å²) in [5.41, 5.74) is 11.8. The molecule has 100 valence electrons. The lowest BCUT2D eigenvalue weighted by Crippen LogP contribution is -2.39. The molecule has 0 aromatic heterocycles. The third kappa shape index (κ3) is 2.14. The quantitative estimate of drug-likeness (QED) is 0.886. The number of methoxy groups -OCH3 is 1. The predicted octanol–water partition coefficient (Wildman–Crippen LogP) is 3.29. The number of benzene rings is 1. The lowest BCUT2D eigenvalue weighted by molar-refractivity contribution is 0.144. The summed E-state index contributed by atoms with van der Waals surface area (Å²) in [5, 5.41) is 0. The van der Waals surface area contributed by atoms with Crippen molar-refractivity contribution in [3.63, 3.8) is 0 Å². The second-order valence-corrected chi connectivity index (χ2v) is 5.86. The highest BCUT2D eigenvalue weighted by Crippen LogP contribution is 2.44. The topological polar surface area (TPSA) is 35.2 Å². The van der Waals surface area contributed by atoms with Crippen molar-refractivity contribution in [2.24, 2.45) is 11.1 Å². The first-order valence-electron chi connectivity index (χ1n) is 6.87. The van der Waals surface area contributed by atoms with E-state index in [0.717, 1.165) is 18.7 Å². The second-order valence-electron chi connectivity index (χ2n) is 5.86. The van der Waals surface area contributed by atoms with E-state index in [2.05, 4.69) is 26.8 Å². The Morgan fingerprint density at radius 3 is 2.33 bits per heavy atom. The van der Waals surface area contributed by atoms with Gasteiger partial charge in [0.05, 0.1) is 7.11 Å². The molecule has 2 rings (SSSR count). The Morgan fingerprint density at radius 1 is 1.22 bits per heavy atom. The highest BCUT2D eigenvalue weighted by molar-refractivity contribution is 5.48. The fourth-order valence-corrected chi connectivity index (χ4v) is 3.09. The summed E-state index contributed by atoms with van der Waals surface area (Å²) < 4.78 is 5.43. The largest absolute Gasteiger partial charge is 0.496 e. The van der Waals surface area contributed by atoms with Gasteiger partial charge in [0.2, 0.25) is 0 Å². The fourth-order valence-electron chi connectivity index (χ4n) is 3.09. The molecule has 1 aromatic rings. The number of rotatable bonds is 4. The van der Waals surface area contributed by atoms with Gasteiger partial charge in [-0.05, 0) is 80.3 Å². The molecule has 2 nitrogen and oxygen atoms in total. The summed E-state index contributed by atoms with van der Waals surface area (Å²) >= 11 is 0. The molecule has 1 fully saturated rings. The van der Waals surface area contributed by atoms with Gasteiger partial charge in [0.15, 0.2) is 0 Å². The number of aryl methyl sites for hydroxylation is 1. The van der Waals surface area contributed by atoms with Crippen LogP contribution in [0.2, 0.25) is 0 Å². The second kappa shape index (κ2) is 4.93. The van der Waals surface area contributed by atoms with Gasteiger partial charge in [-0.3, -0.25) is 0 Å². The smallest absolute Gasteiger partial charge is 0.122 e. The van der Waals surface area contributed by atoms with Crippen LogP contribution in [-0.2, 0) is 6.42 Å².